The normalized spacial score (nSPS) is 23.5. The lowest BCUT2D eigenvalue weighted by Gasteiger charge is -2.30. The Morgan fingerprint density at radius 2 is 1.94 bits per heavy atom. The van der Waals surface area contributed by atoms with Crippen molar-refractivity contribution in [2.75, 3.05) is 32.1 Å². The van der Waals surface area contributed by atoms with Crippen LogP contribution in [0.1, 0.15) is 56.6 Å². The van der Waals surface area contributed by atoms with Crippen LogP contribution in [0.3, 0.4) is 0 Å². The van der Waals surface area contributed by atoms with Gasteiger partial charge in [-0.2, -0.15) is 0 Å². The van der Waals surface area contributed by atoms with Crippen LogP contribution in [0.2, 0.25) is 0 Å². The fourth-order valence-corrected chi connectivity index (χ4v) is 4.65. The van der Waals surface area contributed by atoms with E-state index in [9.17, 15) is 4.79 Å². The predicted octanol–water partition coefficient (Wildman–Crippen LogP) is 3.56. The molecule has 1 saturated heterocycles. The first kappa shape index (κ1) is 21.7. The summed E-state index contributed by atoms with van der Waals surface area (Å²) >= 11 is 0. The monoisotopic (exact) mass is 423 g/mol. The van der Waals surface area contributed by atoms with E-state index < -0.39 is 0 Å². The summed E-state index contributed by atoms with van der Waals surface area (Å²) in [4.78, 5) is 27.8. The number of hydrogen-bond donors (Lipinski definition) is 1. The van der Waals surface area contributed by atoms with Crippen molar-refractivity contribution in [3.05, 3.63) is 36.4 Å². The topological polar surface area (TPSA) is 80.2 Å². The van der Waals surface area contributed by atoms with E-state index in [4.69, 9.17) is 9.72 Å². The lowest BCUT2D eigenvalue weighted by atomic mass is 9.79. The molecule has 1 aliphatic carbocycles. The molecule has 1 amide bonds. The molecule has 0 unspecified atom stereocenters. The summed E-state index contributed by atoms with van der Waals surface area (Å²) in [5.41, 5.74) is 3.34. The van der Waals surface area contributed by atoms with Crippen molar-refractivity contribution in [2.45, 2.75) is 57.0 Å². The van der Waals surface area contributed by atoms with E-state index in [1.165, 1.54) is 0 Å². The minimum absolute atomic E-state index is 0.117. The molecule has 2 aromatic heterocycles. The average Bonchev–Trinajstić information content (AvgIpc) is 3.31. The molecule has 0 bridgehead atoms. The molecular weight excluding hydrogens is 390 g/mol. The Kier molecular flexibility index (Phi) is 7.12. The maximum atomic E-state index is 12.2. The van der Waals surface area contributed by atoms with Gasteiger partial charge in [-0.1, -0.05) is 0 Å². The third-order valence-electron chi connectivity index (χ3n) is 6.46. The van der Waals surface area contributed by atoms with E-state index in [0.29, 0.717) is 18.3 Å². The number of rotatable bonds is 7. The van der Waals surface area contributed by atoms with Crippen LogP contribution in [0.4, 0.5) is 5.95 Å². The number of anilines is 1. The van der Waals surface area contributed by atoms with Crippen LogP contribution in [-0.2, 0) is 9.53 Å². The standard InChI is InChI=1S/C24H33N5O2/c1-29(2)24-27-16-21(18-9-11-25-12-10-18)23(28-24)19-7-5-17(6-8-19)15-26-22(30)14-20-4-3-13-31-20/h9-12,16-17,19-20H,3-8,13-15H2,1-2H3,(H,26,30)/t17?,19?,20-/m0/s1. The first-order valence-corrected chi connectivity index (χ1v) is 11.4. The molecule has 0 radical (unpaired) electrons. The third kappa shape index (κ3) is 5.58. The van der Waals surface area contributed by atoms with Gasteiger partial charge in [-0.3, -0.25) is 9.78 Å². The van der Waals surface area contributed by atoms with Crippen molar-refractivity contribution in [3.63, 3.8) is 0 Å². The first-order chi connectivity index (χ1) is 15.1. The highest BCUT2D eigenvalue weighted by Gasteiger charge is 2.27. The Bertz CT molecular complexity index is 860. The summed E-state index contributed by atoms with van der Waals surface area (Å²) in [6.45, 7) is 1.56. The van der Waals surface area contributed by atoms with Gasteiger partial charge in [0.2, 0.25) is 11.9 Å². The van der Waals surface area contributed by atoms with Crippen LogP contribution in [0, 0.1) is 5.92 Å². The molecule has 166 valence electrons. The van der Waals surface area contributed by atoms with Gasteiger partial charge in [-0.25, -0.2) is 9.97 Å². The molecule has 1 atom stereocenters. The van der Waals surface area contributed by atoms with Gasteiger partial charge in [0.25, 0.3) is 0 Å². The zero-order valence-electron chi connectivity index (χ0n) is 18.6. The third-order valence-corrected chi connectivity index (χ3v) is 6.46. The van der Waals surface area contributed by atoms with E-state index in [1.54, 1.807) is 0 Å². The summed E-state index contributed by atoms with van der Waals surface area (Å²) in [5.74, 6) is 1.81. The Balaban J connectivity index is 1.37. The molecule has 1 N–H and O–H groups in total. The predicted molar refractivity (Wildman–Crippen MR) is 121 cm³/mol. The number of amides is 1. The van der Waals surface area contributed by atoms with Crippen LogP contribution in [0.15, 0.2) is 30.7 Å². The Morgan fingerprint density at radius 1 is 1.16 bits per heavy atom. The van der Waals surface area contributed by atoms with E-state index in [-0.39, 0.29) is 12.0 Å². The molecule has 0 spiro atoms. The number of aromatic nitrogens is 3. The quantitative estimate of drug-likeness (QED) is 0.733. The number of hydrogen-bond acceptors (Lipinski definition) is 6. The molecular formula is C24H33N5O2. The number of ether oxygens (including phenoxy) is 1. The van der Waals surface area contributed by atoms with E-state index in [0.717, 1.165) is 74.4 Å². The second kappa shape index (κ2) is 10.2. The summed E-state index contributed by atoms with van der Waals surface area (Å²) in [6, 6.07) is 4.04. The van der Waals surface area contributed by atoms with Gasteiger partial charge in [0.1, 0.15) is 0 Å². The van der Waals surface area contributed by atoms with Crippen LogP contribution >= 0.6 is 0 Å². The lowest BCUT2D eigenvalue weighted by Crippen LogP contribution is -2.33. The summed E-state index contributed by atoms with van der Waals surface area (Å²) in [5, 5.41) is 3.14. The van der Waals surface area contributed by atoms with Gasteiger partial charge < -0.3 is 15.0 Å². The molecule has 7 nitrogen and oxygen atoms in total. The van der Waals surface area contributed by atoms with Crippen molar-refractivity contribution in [1.29, 1.82) is 0 Å². The van der Waals surface area contributed by atoms with Gasteiger partial charge in [0.15, 0.2) is 0 Å². The maximum Gasteiger partial charge on any atom is 0.225 e. The molecule has 4 rings (SSSR count). The highest BCUT2D eigenvalue weighted by molar-refractivity contribution is 5.76. The SMILES string of the molecule is CN(C)c1ncc(-c2ccncc2)c(C2CCC(CNC(=O)C[C@@H]3CCCO3)CC2)n1. The second-order valence-electron chi connectivity index (χ2n) is 8.96. The highest BCUT2D eigenvalue weighted by Crippen LogP contribution is 2.39. The van der Waals surface area contributed by atoms with E-state index in [1.807, 2.05) is 49.7 Å². The first-order valence-electron chi connectivity index (χ1n) is 11.4. The number of pyridine rings is 1. The summed E-state index contributed by atoms with van der Waals surface area (Å²) in [6.07, 6.45) is 12.6. The molecule has 31 heavy (non-hydrogen) atoms. The van der Waals surface area contributed by atoms with Gasteiger partial charge in [-0.15, -0.1) is 0 Å². The zero-order valence-corrected chi connectivity index (χ0v) is 18.6. The molecule has 1 aliphatic heterocycles. The van der Waals surface area contributed by atoms with E-state index >= 15 is 0 Å². The zero-order chi connectivity index (χ0) is 21.6. The Labute approximate surface area is 184 Å². The van der Waals surface area contributed by atoms with Crippen LogP contribution in [0.5, 0.6) is 0 Å². The van der Waals surface area contributed by atoms with Crippen LogP contribution in [0.25, 0.3) is 11.1 Å². The van der Waals surface area contributed by atoms with Gasteiger partial charge in [0.05, 0.1) is 18.2 Å². The summed E-state index contributed by atoms with van der Waals surface area (Å²) < 4.78 is 5.57. The number of carbonyl (C=O) groups is 1. The minimum atomic E-state index is 0.117. The van der Waals surface area contributed by atoms with Gasteiger partial charge in [-0.05, 0) is 62.1 Å². The van der Waals surface area contributed by atoms with Gasteiger partial charge >= 0.3 is 0 Å². The van der Waals surface area contributed by atoms with Crippen LogP contribution < -0.4 is 10.2 Å². The largest absolute Gasteiger partial charge is 0.378 e. The number of nitrogens with zero attached hydrogens (tertiary/aromatic N) is 4. The lowest BCUT2D eigenvalue weighted by molar-refractivity contribution is -0.123. The molecule has 0 aromatic carbocycles. The van der Waals surface area contributed by atoms with Crippen molar-refractivity contribution >= 4 is 11.9 Å². The second-order valence-corrected chi connectivity index (χ2v) is 8.96. The highest BCUT2D eigenvalue weighted by atomic mass is 16.5. The molecule has 2 aromatic rings. The molecule has 2 fully saturated rings. The van der Waals surface area contributed by atoms with Crippen molar-refractivity contribution in [1.82, 2.24) is 20.3 Å². The summed E-state index contributed by atoms with van der Waals surface area (Å²) in [7, 11) is 3.95. The van der Waals surface area contributed by atoms with Crippen molar-refractivity contribution in [3.8, 4) is 11.1 Å². The maximum absolute atomic E-state index is 12.2. The van der Waals surface area contributed by atoms with Crippen LogP contribution in [-0.4, -0.2) is 54.2 Å². The Hall–Kier alpha value is -2.54. The molecule has 3 heterocycles. The van der Waals surface area contributed by atoms with Gasteiger partial charge in [0, 0.05) is 57.3 Å². The van der Waals surface area contributed by atoms with Crippen molar-refractivity contribution < 1.29 is 9.53 Å². The number of carbonyl (C=O) groups excluding carboxylic acids is 1. The molecule has 1 saturated carbocycles. The smallest absolute Gasteiger partial charge is 0.225 e. The minimum Gasteiger partial charge on any atom is -0.378 e. The average molecular weight is 424 g/mol. The number of nitrogens with one attached hydrogen (secondary N) is 1. The molecule has 2 aliphatic rings. The molecule has 7 heteroatoms. The van der Waals surface area contributed by atoms with Crippen molar-refractivity contribution in [2.24, 2.45) is 5.92 Å². The van der Waals surface area contributed by atoms with E-state index in [2.05, 4.69) is 15.3 Å². The Morgan fingerprint density at radius 3 is 2.61 bits per heavy atom. The fourth-order valence-electron chi connectivity index (χ4n) is 4.65. The fraction of sp³-hybridized carbons (Fsp3) is 0.583.